The second-order valence-corrected chi connectivity index (χ2v) is 10.1. The van der Waals surface area contributed by atoms with Gasteiger partial charge in [-0.2, -0.15) is 5.10 Å². The molecule has 8 nitrogen and oxygen atoms in total. The van der Waals surface area contributed by atoms with E-state index >= 15 is 0 Å². The Morgan fingerprint density at radius 2 is 1.80 bits per heavy atom. The Hall–Kier alpha value is -3.07. The highest BCUT2D eigenvalue weighted by Gasteiger charge is 2.21. The van der Waals surface area contributed by atoms with Gasteiger partial charge in [0.2, 0.25) is 0 Å². The van der Waals surface area contributed by atoms with Crippen LogP contribution in [0.25, 0.3) is 22.0 Å². The van der Waals surface area contributed by atoms with Crippen molar-refractivity contribution >= 4 is 32.5 Å². The lowest BCUT2D eigenvalue weighted by atomic mass is 10.0. The molecule has 0 saturated heterocycles. The minimum absolute atomic E-state index is 0.104. The van der Waals surface area contributed by atoms with Gasteiger partial charge >= 0.3 is 5.97 Å². The topological polar surface area (TPSA) is 108 Å². The molecule has 158 valence electrons. The summed E-state index contributed by atoms with van der Waals surface area (Å²) in [6.45, 7) is 6.59. The van der Waals surface area contributed by atoms with Crippen molar-refractivity contribution in [2.45, 2.75) is 44.7 Å². The molecule has 9 heteroatoms. The standard InChI is InChI=1S/C21H23N3O5S/c1-13(25)20-17-9-14(15-8-16(11-22-10-15)30(5,27)28)6-7-18(17)24(23-20)12-19(26)29-21(2,3)4/h6-11H,12H2,1-5H3. The van der Waals surface area contributed by atoms with E-state index < -0.39 is 21.4 Å². The van der Waals surface area contributed by atoms with E-state index in [4.69, 9.17) is 4.74 Å². The molecule has 0 bridgehead atoms. The minimum atomic E-state index is -3.41. The highest BCUT2D eigenvalue weighted by atomic mass is 32.2. The van der Waals surface area contributed by atoms with E-state index in [1.807, 2.05) is 0 Å². The number of benzene rings is 1. The van der Waals surface area contributed by atoms with E-state index in [0.717, 1.165) is 6.26 Å². The van der Waals surface area contributed by atoms with Crippen LogP contribution in [0.4, 0.5) is 0 Å². The third kappa shape index (κ3) is 4.73. The number of ether oxygens (including phenoxy) is 1. The number of nitrogens with zero attached hydrogens (tertiary/aromatic N) is 3. The smallest absolute Gasteiger partial charge is 0.328 e. The Morgan fingerprint density at radius 1 is 1.10 bits per heavy atom. The summed E-state index contributed by atoms with van der Waals surface area (Å²) in [4.78, 5) is 28.5. The largest absolute Gasteiger partial charge is 0.459 e. The summed E-state index contributed by atoms with van der Waals surface area (Å²) in [5.41, 5.74) is 1.47. The lowest BCUT2D eigenvalue weighted by molar-refractivity contribution is -0.155. The molecule has 3 rings (SSSR count). The van der Waals surface area contributed by atoms with Gasteiger partial charge in [0.05, 0.1) is 10.4 Å². The van der Waals surface area contributed by atoms with Crippen molar-refractivity contribution in [3.05, 3.63) is 42.4 Å². The van der Waals surface area contributed by atoms with Gasteiger partial charge in [0.15, 0.2) is 15.6 Å². The molecule has 30 heavy (non-hydrogen) atoms. The van der Waals surface area contributed by atoms with Gasteiger partial charge in [0, 0.05) is 36.5 Å². The molecule has 0 radical (unpaired) electrons. The molecular formula is C21H23N3O5S. The molecule has 2 aromatic heterocycles. The van der Waals surface area contributed by atoms with Crippen molar-refractivity contribution in [3.8, 4) is 11.1 Å². The molecule has 0 fully saturated rings. The number of Topliss-reactive ketones (excluding diaryl/α,β-unsaturated/α-hetero) is 1. The highest BCUT2D eigenvalue weighted by Crippen LogP contribution is 2.28. The minimum Gasteiger partial charge on any atom is -0.459 e. The van der Waals surface area contributed by atoms with Gasteiger partial charge in [0.1, 0.15) is 17.8 Å². The van der Waals surface area contributed by atoms with Gasteiger partial charge in [-0.15, -0.1) is 0 Å². The molecule has 0 saturated carbocycles. The van der Waals surface area contributed by atoms with E-state index in [0.29, 0.717) is 22.0 Å². The van der Waals surface area contributed by atoms with Crippen LogP contribution in [0, 0.1) is 0 Å². The van der Waals surface area contributed by atoms with E-state index in [-0.39, 0.29) is 22.9 Å². The van der Waals surface area contributed by atoms with Gasteiger partial charge in [-0.25, -0.2) is 8.42 Å². The predicted molar refractivity (Wildman–Crippen MR) is 112 cm³/mol. The van der Waals surface area contributed by atoms with Gasteiger partial charge in [-0.05, 0) is 44.5 Å². The summed E-state index contributed by atoms with van der Waals surface area (Å²) < 4.78 is 30.5. The molecule has 1 aromatic carbocycles. The van der Waals surface area contributed by atoms with Gasteiger partial charge in [0.25, 0.3) is 0 Å². The maximum Gasteiger partial charge on any atom is 0.328 e. The molecule has 0 unspecified atom stereocenters. The number of carbonyl (C=O) groups excluding carboxylic acids is 2. The third-order valence-electron chi connectivity index (χ3n) is 4.26. The Morgan fingerprint density at radius 3 is 2.40 bits per heavy atom. The fourth-order valence-corrected chi connectivity index (χ4v) is 3.61. The van der Waals surface area contributed by atoms with E-state index in [9.17, 15) is 18.0 Å². The lowest BCUT2D eigenvalue weighted by Crippen LogP contribution is -2.26. The number of esters is 1. The molecule has 0 atom stereocenters. The Kier molecular flexibility index (Phi) is 5.51. The van der Waals surface area contributed by atoms with Gasteiger partial charge in [-0.3, -0.25) is 19.3 Å². The number of ketones is 1. The van der Waals surface area contributed by atoms with E-state index in [1.165, 1.54) is 23.9 Å². The molecule has 0 spiro atoms. The SMILES string of the molecule is CC(=O)c1nn(CC(=O)OC(C)(C)C)c2ccc(-c3cncc(S(C)(=O)=O)c3)cc12. The van der Waals surface area contributed by atoms with Crippen molar-refractivity contribution in [2.24, 2.45) is 0 Å². The second-order valence-electron chi connectivity index (χ2n) is 8.06. The van der Waals surface area contributed by atoms with E-state index in [2.05, 4.69) is 10.1 Å². The van der Waals surface area contributed by atoms with Crippen LogP contribution in [0.1, 0.15) is 38.2 Å². The zero-order chi connectivity index (χ0) is 22.3. The summed E-state index contributed by atoms with van der Waals surface area (Å²) in [5, 5.41) is 4.87. The summed E-state index contributed by atoms with van der Waals surface area (Å²) in [6, 6.07) is 6.78. The van der Waals surface area contributed by atoms with Crippen LogP contribution in [-0.2, 0) is 25.9 Å². The number of pyridine rings is 1. The van der Waals surface area contributed by atoms with Crippen LogP contribution in [0.15, 0.2) is 41.6 Å². The Bertz CT molecular complexity index is 1250. The zero-order valence-corrected chi connectivity index (χ0v) is 18.3. The molecule has 2 heterocycles. The summed E-state index contributed by atoms with van der Waals surface area (Å²) in [7, 11) is -3.41. The first-order valence-corrected chi connectivity index (χ1v) is 11.1. The predicted octanol–water partition coefficient (Wildman–Crippen LogP) is 3.05. The van der Waals surface area contributed by atoms with Crippen LogP contribution in [0.5, 0.6) is 0 Å². The summed E-state index contributed by atoms with van der Waals surface area (Å²) in [6.07, 6.45) is 3.96. The van der Waals surface area contributed by atoms with Crippen LogP contribution in [0.3, 0.4) is 0 Å². The van der Waals surface area contributed by atoms with Crippen molar-refractivity contribution < 1.29 is 22.7 Å². The number of sulfone groups is 1. The highest BCUT2D eigenvalue weighted by molar-refractivity contribution is 7.90. The molecular weight excluding hydrogens is 406 g/mol. The average molecular weight is 429 g/mol. The van der Waals surface area contributed by atoms with Crippen molar-refractivity contribution in [2.75, 3.05) is 6.26 Å². The first-order chi connectivity index (χ1) is 13.8. The third-order valence-corrected chi connectivity index (χ3v) is 5.34. The van der Waals surface area contributed by atoms with Gasteiger partial charge in [-0.1, -0.05) is 6.07 Å². The van der Waals surface area contributed by atoms with E-state index in [1.54, 1.807) is 45.2 Å². The number of carbonyl (C=O) groups is 2. The lowest BCUT2D eigenvalue weighted by Gasteiger charge is -2.19. The number of fused-ring (bicyclic) bond motifs is 1. The molecule has 0 aliphatic carbocycles. The molecule has 0 aliphatic heterocycles. The first kappa shape index (κ1) is 21.6. The normalized spacial score (nSPS) is 12.2. The summed E-state index contributed by atoms with van der Waals surface area (Å²) in [5.74, 6) is -0.709. The van der Waals surface area contributed by atoms with Crippen LogP contribution in [0.2, 0.25) is 0 Å². The van der Waals surface area contributed by atoms with Crippen molar-refractivity contribution in [3.63, 3.8) is 0 Å². The monoisotopic (exact) mass is 429 g/mol. The van der Waals surface area contributed by atoms with Gasteiger partial charge < -0.3 is 4.74 Å². The summed E-state index contributed by atoms with van der Waals surface area (Å²) >= 11 is 0. The number of hydrogen-bond donors (Lipinski definition) is 0. The van der Waals surface area contributed by atoms with Crippen LogP contribution >= 0.6 is 0 Å². The van der Waals surface area contributed by atoms with Crippen molar-refractivity contribution in [1.82, 2.24) is 14.8 Å². The zero-order valence-electron chi connectivity index (χ0n) is 17.5. The van der Waals surface area contributed by atoms with Crippen molar-refractivity contribution in [1.29, 1.82) is 0 Å². The molecule has 0 aliphatic rings. The molecule has 0 N–H and O–H groups in total. The van der Waals surface area contributed by atoms with Crippen LogP contribution in [-0.4, -0.2) is 46.8 Å². The fourth-order valence-electron chi connectivity index (χ4n) is 3.01. The van der Waals surface area contributed by atoms with Crippen LogP contribution < -0.4 is 0 Å². The number of hydrogen-bond acceptors (Lipinski definition) is 7. The Balaban J connectivity index is 2.07. The average Bonchev–Trinajstić information content (AvgIpc) is 2.97. The second kappa shape index (κ2) is 7.64. The number of rotatable bonds is 5. The maximum absolute atomic E-state index is 12.2. The Labute approximate surface area is 174 Å². The number of aromatic nitrogens is 3. The molecule has 3 aromatic rings. The fraction of sp³-hybridized carbons (Fsp3) is 0.333. The maximum atomic E-state index is 12.2. The molecule has 0 amide bonds. The first-order valence-electron chi connectivity index (χ1n) is 9.24. The quantitative estimate of drug-likeness (QED) is 0.453.